The highest BCUT2D eigenvalue weighted by Crippen LogP contribution is 2.39. The van der Waals surface area contributed by atoms with Gasteiger partial charge in [0.2, 0.25) is 5.78 Å². The molecule has 0 aliphatic carbocycles. The summed E-state index contributed by atoms with van der Waals surface area (Å²) in [6.45, 7) is 11.8. The third kappa shape index (κ3) is 5.94. The van der Waals surface area contributed by atoms with Crippen molar-refractivity contribution in [3.63, 3.8) is 0 Å². The summed E-state index contributed by atoms with van der Waals surface area (Å²) in [4.78, 5) is 23.7. The van der Waals surface area contributed by atoms with E-state index in [0.717, 1.165) is 0 Å². The third-order valence-electron chi connectivity index (χ3n) is 4.01. The number of esters is 1. The molecule has 3 atom stereocenters. The highest BCUT2D eigenvalue weighted by atomic mass is 28.3. The smallest absolute Gasteiger partial charge is 0.331 e. The van der Waals surface area contributed by atoms with Gasteiger partial charge in [0.05, 0.1) is 0 Å². The van der Waals surface area contributed by atoms with E-state index in [0.29, 0.717) is 6.42 Å². The second kappa shape index (κ2) is 7.51. The number of carbonyl (C=O) groups excluding carboxylic acids is 2. The van der Waals surface area contributed by atoms with Crippen molar-refractivity contribution in [2.75, 3.05) is 0 Å². The lowest BCUT2D eigenvalue weighted by molar-refractivity contribution is -0.154. The molecule has 0 aromatic carbocycles. The molecule has 26 heavy (non-hydrogen) atoms. The number of ketones is 1. The summed E-state index contributed by atoms with van der Waals surface area (Å²) >= 11 is 0. The van der Waals surface area contributed by atoms with Gasteiger partial charge in [-0.3, -0.25) is 4.79 Å². The fourth-order valence-electron chi connectivity index (χ4n) is 2.89. The Labute approximate surface area is 156 Å². The van der Waals surface area contributed by atoms with E-state index in [-0.39, 0.29) is 24.3 Å². The van der Waals surface area contributed by atoms with Crippen LogP contribution in [-0.4, -0.2) is 43.4 Å². The first-order chi connectivity index (χ1) is 11.9. The quantitative estimate of drug-likeness (QED) is 0.326. The second-order valence-corrected chi connectivity index (χ2v) is 13.1. The summed E-state index contributed by atoms with van der Waals surface area (Å²) in [6, 6.07) is 0. The average Bonchev–Trinajstić information content (AvgIpc) is 2.72. The van der Waals surface area contributed by atoms with Crippen LogP contribution >= 0.6 is 0 Å². The lowest BCUT2D eigenvalue weighted by Crippen LogP contribution is -2.36. The Bertz CT molecular complexity index is 689. The predicted molar refractivity (Wildman–Crippen MR) is 102 cm³/mol. The van der Waals surface area contributed by atoms with Crippen molar-refractivity contribution >= 4 is 19.8 Å². The van der Waals surface area contributed by atoms with Crippen LogP contribution in [-0.2, 0) is 23.8 Å². The van der Waals surface area contributed by atoms with Gasteiger partial charge in [0.15, 0.2) is 5.79 Å². The minimum Gasteiger partial charge on any atom is -0.455 e. The maximum atomic E-state index is 12.3. The summed E-state index contributed by atoms with van der Waals surface area (Å²) in [5, 5.41) is 0. The fourth-order valence-corrected chi connectivity index (χ4v) is 3.41. The van der Waals surface area contributed by atoms with Crippen LogP contribution in [0.5, 0.6) is 0 Å². The molecule has 5 nitrogen and oxygen atoms in total. The number of rotatable bonds is 4. The molecule has 0 saturated carbocycles. The van der Waals surface area contributed by atoms with Crippen molar-refractivity contribution in [2.45, 2.75) is 76.8 Å². The van der Waals surface area contributed by atoms with Crippen molar-refractivity contribution in [2.24, 2.45) is 0 Å². The molecule has 6 heteroatoms. The van der Waals surface area contributed by atoms with Crippen LogP contribution in [0.25, 0.3) is 0 Å². The van der Waals surface area contributed by atoms with E-state index in [1.54, 1.807) is 12.2 Å². The van der Waals surface area contributed by atoms with Gasteiger partial charge < -0.3 is 14.2 Å². The van der Waals surface area contributed by atoms with E-state index in [1.165, 1.54) is 6.08 Å². The SMILES string of the molecule is CC1(C)O[C@H](CC(=O)C#C[Si](C)(C)C)[C@@](C)(/C=C/[C@H]2CC=CC(=O)O2)O1. The van der Waals surface area contributed by atoms with Crippen molar-refractivity contribution in [1.82, 2.24) is 0 Å². The van der Waals surface area contributed by atoms with Gasteiger partial charge in [-0.25, -0.2) is 4.79 Å². The van der Waals surface area contributed by atoms with Gasteiger partial charge in [-0.1, -0.05) is 31.8 Å². The Morgan fingerprint density at radius 1 is 1.35 bits per heavy atom. The molecular weight excluding hydrogens is 348 g/mol. The van der Waals surface area contributed by atoms with Crippen LogP contribution in [0.15, 0.2) is 24.3 Å². The Morgan fingerprint density at radius 3 is 2.65 bits per heavy atom. The maximum absolute atomic E-state index is 12.3. The highest BCUT2D eigenvalue weighted by molar-refractivity contribution is 6.84. The van der Waals surface area contributed by atoms with Gasteiger partial charge >= 0.3 is 5.97 Å². The molecule has 0 unspecified atom stereocenters. The zero-order valence-electron chi connectivity index (χ0n) is 16.4. The van der Waals surface area contributed by atoms with E-state index in [9.17, 15) is 9.59 Å². The number of hydrogen-bond donors (Lipinski definition) is 0. The van der Waals surface area contributed by atoms with Gasteiger partial charge in [0.25, 0.3) is 0 Å². The van der Waals surface area contributed by atoms with E-state index in [1.807, 2.05) is 26.8 Å². The highest BCUT2D eigenvalue weighted by Gasteiger charge is 2.49. The predicted octanol–water partition coefficient (Wildman–Crippen LogP) is 3.16. The third-order valence-corrected chi connectivity index (χ3v) is 4.89. The van der Waals surface area contributed by atoms with E-state index in [2.05, 4.69) is 31.1 Å². The van der Waals surface area contributed by atoms with Crippen LogP contribution in [0.3, 0.4) is 0 Å². The molecule has 0 aromatic heterocycles. The maximum Gasteiger partial charge on any atom is 0.331 e. The van der Waals surface area contributed by atoms with Crippen LogP contribution < -0.4 is 0 Å². The molecule has 2 aliphatic heterocycles. The molecule has 0 aromatic rings. The van der Waals surface area contributed by atoms with Crippen LogP contribution in [0.2, 0.25) is 19.6 Å². The number of Topliss-reactive ketones (excluding diaryl/α,β-unsaturated/α-hetero) is 1. The number of carbonyl (C=O) groups is 2. The Morgan fingerprint density at radius 2 is 2.04 bits per heavy atom. The molecule has 142 valence electrons. The van der Waals surface area contributed by atoms with Gasteiger partial charge in [-0.05, 0) is 32.8 Å². The number of cyclic esters (lactones) is 1. The number of hydrogen-bond acceptors (Lipinski definition) is 5. The summed E-state index contributed by atoms with van der Waals surface area (Å²) in [6.07, 6.45) is 6.83. The topological polar surface area (TPSA) is 61.8 Å². The molecule has 2 aliphatic rings. The Kier molecular flexibility index (Phi) is 5.96. The molecule has 0 spiro atoms. The molecular formula is C20H28O5Si. The minimum absolute atomic E-state index is 0.148. The van der Waals surface area contributed by atoms with Crippen molar-refractivity contribution in [1.29, 1.82) is 0 Å². The van der Waals surface area contributed by atoms with Crippen molar-refractivity contribution in [3.05, 3.63) is 24.3 Å². The van der Waals surface area contributed by atoms with E-state index >= 15 is 0 Å². The lowest BCUT2D eigenvalue weighted by Gasteiger charge is -2.26. The zero-order valence-corrected chi connectivity index (χ0v) is 17.4. The molecule has 0 bridgehead atoms. The minimum atomic E-state index is -1.61. The Hall–Kier alpha value is -1.68. The van der Waals surface area contributed by atoms with Gasteiger partial charge in [-0.15, -0.1) is 5.54 Å². The standard InChI is InChI=1S/C20H28O5Si/c1-19(2)24-17(14-15(21)11-13-26(4,5)6)20(3,25-19)12-10-16-8-7-9-18(22)23-16/h7,9-10,12,16-17H,8,14H2,1-6H3/b12-10+/t16-,17-,20-/m1/s1. The molecule has 0 amide bonds. The zero-order chi connectivity index (χ0) is 19.6. The largest absolute Gasteiger partial charge is 0.455 e. The summed E-state index contributed by atoms with van der Waals surface area (Å²) in [7, 11) is -1.61. The first kappa shape index (κ1) is 20.6. The summed E-state index contributed by atoms with van der Waals surface area (Å²) < 4.78 is 17.3. The molecule has 0 radical (unpaired) electrons. The van der Waals surface area contributed by atoms with E-state index in [4.69, 9.17) is 14.2 Å². The molecule has 2 rings (SSSR count). The lowest BCUT2D eigenvalue weighted by atomic mass is 9.93. The van der Waals surface area contributed by atoms with Crippen molar-refractivity contribution < 1.29 is 23.8 Å². The van der Waals surface area contributed by atoms with E-state index < -0.39 is 25.6 Å². The summed E-state index contributed by atoms with van der Waals surface area (Å²) in [5.41, 5.74) is 2.29. The monoisotopic (exact) mass is 376 g/mol. The van der Waals surface area contributed by atoms with Crippen molar-refractivity contribution in [3.8, 4) is 11.5 Å². The van der Waals surface area contributed by atoms with Gasteiger partial charge in [0, 0.05) is 18.9 Å². The first-order valence-corrected chi connectivity index (χ1v) is 12.4. The molecule has 1 fully saturated rings. The Balaban J connectivity index is 2.12. The average molecular weight is 377 g/mol. The first-order valence-electron chi connectivity index (χ1n) is 8.89. The second-order valence-electron chi connectivity index (χ2n) is 8.39. The molecule has 1 saturated heterocycles. The van der Waals surface area contributed by atoms with Gasteiger partial charge in [-0.2, -0.15) is 0 Å². The van der Waals surface area contributed by atoms with Crippen LogP contribution in [0.4, 0.5) is 0 Å². The molecule has 0 N–H and O–H groups in total. The van der Waals surface area contributed by atoms with Crippen LogP contribution in [0.1, 0.15) is 33.6 Å². The van der Waals surface area contributed by atoms with Crippen LogP contribution in [0, 0.1) is 11.5 Å². The number of ether oxygens (including phenoxy) is 3. The van der Waals surface area contributed by atoms with Gasteiger partial charge in [0.1, 0.15) is 25.9 Å². The molecule has 2 heterocycles. The normalized spacial score (nSPS) is 30.8. The fraction of sp³-hybridized carbons (Fsp3) is 0.600. The summed E-state index contributed by atoms with van der Waals surface area (Å²) in [5.74, 6) is 1.45.